The molecule has 2 rings (SSSR count). The van der Waals surface area contributed by atoms with Crippen LogP contribution < -0.4 is 16.0 Å². The minimum absolute atomic E-state index is 0.116. The summed E-state index contributed by atoms with van der Waals surface area (Å²) in [5, 5.41) is 8.54. The largest absolute Gasteiger partial charge is 0.353 e. The van der Waals surface area contributed by atoms with Crippen LogP contribution in [0.4, 0.5) is 5.82 Å². The highest BCUT2D eigenvalue weighted by atomic mass is 35.5. The molecular weight excluding hydrogens is 244 g/mol. The van der Waals surface area contributed by atoms with E-state index >= 15 is 0 Å². The van der Waals surface area contributed by atoms with E-state index < -0.39 is 6.04 Å². The summed E-state index contributed by atoms with van der Waals surface area (Å²) in [5.74, 6) is 0.0240. The molecule has 3 N–H and O–H groups in total. The molecule has 6 nitrogen and oxygen atoms in total. The normalized spacial score (nSPS) is 19.6. The molecule has 0 aromatic carbocycles. The van der Waals surface area contributed by atoms with Crippen molar-refractivity contribution in [1.82, 2.24) is 15.6 Å². The Morgan fingerprint density at radius 3 is 3.06 bits per heavy atom. The number of rotatable bonds is 2. The number of halogens is 1. The molecule has 0 saturated carbocycles. The molecule has 0 spiro atoms. The average Bonchev–Trinajstić information content (AvgIpc) is 2.29. The van der Waals surface area contributed by atoms with E-state index in [9.17, 15) is 9.59 Å². The fourth-order valence-electron chi connectivity index (χ4n) is 1.44. The molecule has 1 unspecified atom stereocenters. The third-order valence-corrected chi connectivity index (χ3v) is 2.54. The Hall–Kier alpha value is -1.66. The lowest BCUT2D eigenvalue weighted by atomic mass is 10.2. The highest BCUT2D eigenvalue weighted by molar-refractivity contribution is 6.30. The maximum Gasteiger partial charge on any atom is 0.244 e. The Morgan fingerprint density at radius 1 is 1.59 bits per heavy atom. The van der Waals surface area contributed by atoms with Crippen molar-refractivity contribution < 1.29 is 9.59 Å². The molecule has 17 heavy (non-hydrogen) atoms. The SMILES string of the molecule is O=C1CNC(C(=O)Nc2cc(Cl)ccn2)CN1. The van der Waals surface area contributed by atoms with Gasteiger partial charge in [0.15, 0.2) is 0 Å². The first-order valence-corrected chi connectivity index (χ1v) is 5.45. The summed E-state index contributed by atoms with van der Waals surface area (Å²) in [7, 11) is 0. The molecule has 0 aliphatic carbocycles. The highest BCUT2D eigenvalue weighted by Crippen LogP contribution is 2.11. The fraction of sp³-hybridized carbons (Fsp3) is 0.300. The molecule has 1 atom stereocenters. The summed E-state index contributed by atoms with van der Waals surface area (Å²) in [4.78, 5) is 26.6. The number of piperazine rings is 1. The van der Waals surface area contributed by atoms with Crippen molar-refractivity contribution in [3.63, 3.8) is 0 Å². The van der Waals surface area contributed by atoms with Crippen molar-refractivity contribution in [2.24, 2.45) is 0 Å². The first-order chi connectivity index (χ1) is 8.15. The van der Waals surface area contributed by atoms with E-state index in [-0.39, 0.29) is 24.9 Å². The monoisotopic (exact) mass is 254 g/mol. The number of pyridine rings is 1. The van der Waals surface area contributed by atoms with E-state index in [2.05, 4.69) is 20.9 Å². The number of aromatic nitrogens is 1. The van der Waals surface area contributed by atoms with Gasteiger partial charge in [0.05, 0.1) is 6.54 Å². The van der Waals surface area contributed by atoms with Gasteiger partial charge in [0.25, 0.3) is 0 Å². The van der Waals surface area contributed by atoms with Gasteiger partial charge in [0.1, 0.15) is 11.9 Å². The molecular formula is C10H11ClN4O2. The molecule has 0 radical (unpaired) electrons. The van der Waals surface area contributed by atoms with Crippen molar-refractivity contribution in [1.29, 1.82) is 0 Å². The number of nitrogens with zero attached hydrogens (tertiary/aromatic N) is 1. The lowest BCUT2D eigenvalue weighted by molar-refractivity contribution is -0.124. The molecule has 1 fully saturated rings. The zero-order valence-corrected chi connectivity index (χ0v) is 9.62. The van der Waals surface area contributed by atoms with Gasteiger partial charge in [-0.15, -0.1) is 0 Å². The number of nitrogens with one attached hydrogen (secondary N) is 3. The van der Waals surface area contributed by atoms with E-state index in [4.69, 9.17) is 11.6 Å². The highest BCUT2D eigenvalue weighted by Gasteiger charge is 2.23. The zero-order valence-electron chi connectivity index (χ0n) is 8.87. The van der Waals surface area contributed by atoms with Gasteiger partial charge in [0.2, 0.25) is 11.8 Å². The third kappa shape index (κ3) is 3.15. The van der Waals surface area contributed by atoms with Crippen LogP contribution in [0.1, 0.15) is 0 Å². The van der Waals surface area contributed by atoms with Crippen molar-refractivity contribution in [2.75, 3.05) is 18.4 Å². The first kappa shape index (κ1) is 11.8. The standard InChI is InChI=1S/C10H11ClN4O2/c11-6-1-2-12-8(3-6)15-10(17)7-4-14-9(16)5-13-7/h1-3,7,13H,4-5H2,(H,14,16)(H,12,15,17). The summed E-state index contributed by atoms with van der Waals surface area (Å²) in [5.41, 5.74) is 0. The van der Waals surface area contributed by atoms with Gasteiger partial charge in [-0.1, -0.05) is 11.6 Å². The Balaban J connectivity index is 1.95. The van der Waals surface area contributed by atoms with Crippen LogP contribution in [0, 0.1) is 0 Å². The molecule has 0 bridgehead atoms. The molecule has 1 saturated heterocycles. The first-order valence-electron chi connectivity index (χ1n) is 5.07. The number of anilines is 1. The van der Waals surface area contributed by atoms with Crippen LogP contribution in [0.2, 0.25) is 5.02 Å². The van der Waals surface area contributed by atoms with Crippen LogP contribution in [-0.4, -0.2) is 35.9 Å². The zero-order chi connectivity index (χ0) is 12.3. The van der Waals surface area contributed by atoms with Gasteiger partial charge in [-0.3, -0.25) is 14.9 Å². The predicted octanol–water partition coefficient (Wildman–Crippen LogP) is -0.239. The van der Waals surface area contributed by atoms with E-state index in [0.29, 0.717) is 10.8 Å². The van der Waals surface area contributed by atoms with E-state index in [1.54, 1.807) is 12.1 Å². The number of amides is 2. The lowest BCUT2D eigenvalue weighted by Crippen LogP contribution is -2.56. The summed E-state index contributed by atoms with van der Waals surface area (Å²) < 4.78 is 0. The number of carbonyl (C=O) groups is 2. The molecule has 7 heteroatoms. The topological polar surface area (TPSA) is 83.1 Å². The Bertz CT molecular complexity index is 442. The van der Waals surface area contributed by atoms with Gasteiger partial charge in [-0.05, 0) is 12.1 Å². The quantitative estimate of drug-likeness (QED) is 0.680. The van der Waals surface area contributed by atoms with Crippen molar-refractivity contribution >= 4 is 29.2 Å². The predicted molar refractivity (Wildman–Crippen MR) is 62.7 cm³/mol. The second kappa shape index (κ2) is 5.11. The van der Waals surface area contributed by atoms with E-state index in [0.717, 1.165) is 0 Å². The van der Waals surface area contributed by atoms with Crippen molar-refractivity contribution in [2.45, 2.75) is 6.04 Å². The third-order valence-electron chi connectivity index (χ3n) is 2.30. The van der Waals surface area contributed by atoms with E-state index in [1.165, 1.54) is 6.20 Å². The fourth-order valence-corrected chi connectivity index (χ4v) is 1.60. The minimum atomic E-state index is -0.450. The average molecular weight is 255 g/mol. The summed E-state index contributed by atoms with van der Waals surface area (Å²) in [6, 6.07) is 2.73. The Labute approximate surface area is 103 Å². The summed E-state index contributed by atoms with van der Waals surface area (Å²) >= 11 is 5.77. The summed E-state index contributed by atoms with van der Waals surface area (Å²) in [6.45, 7) is 0.409. The maximum absolute atomic E-state index is 11.8. The van der Waals surface area contributed by atoms with Gasteiger partial charge < -0.3 is 10.6 Å². The van der Waals surface area contributed by atoms with Gasteiger partial charge in [-0.25, -0.2) is 4.98 Å². The van der Waals surface area contributed by atoms with Gasteiger partial charge in [0, 0.05) is 17.8 Å². The molecule has 2 heterocycles. The van der Waals surface area contributed by atoms with Crippen LogP contribution in [0.25, 0.3) is 0 Å². The molecule has 1 aliphatic rings. The molecule has 1 aliphatic heterocycles. The summed E-state index contributed by atoms with van der Waals surface area (Å²) in [6.07, 6.45) is 1.51. The van der Waals surface area contributed by atoms with Crippen LogP contribution in [0.3, 0.4) is 0 Å². The molecule has 1 aromatic rings. The van der Waals surface area contributed by atoms with Crippen molar-refractivity contribution in [3.8, 4) is 0 Å². The molecule has 1 aromatic heterocycles. The molecule has 2 amide bonds. The maximum atomic E-state index is 11.8. The lowest BCUT2D eigenvalue weighted by Gasteiger charge is -2.22. The van der Waals surface area contributed by atoms with Gasteiger partial charge >= 0.3 is 0 Å². The van der Waals surface area contributed by atoms with Crippen molar-refractivity contribution in [3.05, 3.63) is 23.4 Å². The van der Waals surface area contributed by atoms with Crippen LogP contribution >= 0.6 is 11.6 Å². The smallest absolute Gasteiger partial charge is 0.244 e. The number of carbonyl (C=O) groups excluding carboxylic acids is 2. The van der Waals surface area contributed by atoms with Gasteiger partial charge in [-0.2, -0.15) is 0 Å². The Kier molecular flexibility index (Phi) is 3.55. The van der Waals surface area contributed by atoms with Crippen LogP contribution in [0.15, 0.2) is 18.3 Å². The van der Waals surface area contributed by atoms with E-state index in [1.807, 2.05) is 0 Å². The minimum Gasteiger partial charge on any atom is -0.353 e. The molecule has 90 valence electrons. The van der Waals surface area contributed by atoms with Crippen LogP contribution in [-0.2, 0) is 9.59 Å². The van der Waals surface area contributed by atoms with Crippen LogP contribution in [0.5, 0.6) is 0 Å². The number of hydrogen-bond donors (Lipinski definition) is 3. The second-order valence-corrected chi connectivity index (χ2v) is 4.02. The Morgan fingerprint density at radius 2 is 2.41 bits per heavy atom. The number of hydrogen-bond acceptors (Lipinski definition) is 4. The second-order valence-electron chi connectivity index (χ2n) is 3.59.